The number of hydrogen-bond donors (Lipinski definition) is 4. The van der Waals surface area contributed by atoms with E-state index in [0.29, 0.717) is 62.0 Å². The number of aromatic amines is 1. The summed E-state index contributed by atoms with van der Waals surface area (Å²) in [6, 6.07) is 12.0. The molecule has 3 aromatic rings. The average Bonchev–Trinajstić information content (AvgIpc) is 3.87. The number of likely N-dealkylation sites (tertiary alicyclic amines) is 1. The van der Waals surface area contributed by atoms with Crippen LogP contribution in [0.3, 0.4) is 0 Å². The van der Waals surface area contributed by atoms with Gasteiger partial charge in [0.1, 0.15) is 12.1 Å². The molecular formula is C38H47KN8O5. The molecule has 0 radical (unpaired) electrons. The van der Waals surface area contributed by atoms with Gasteiger partial charge >= 0.3 is 51.4 Å². The molecule has 0 saturated carbocycles. The maximum Gasteiger partial charge on any atom is 1.00 e. The molecule has 2 aliphatic rings. The topological polar surface area (TPSA) is 171 Å². The van der Waals surface area contributed by atoms with E-state index in [1.165, 1.54) is 18.9 Å². The van der Waals surface area contributed by atoms with Crippen LogP contribution in [0.5, 0.6) is 0 Å². The minimum Gasteiger partial charge on any atom is -0.684 e. The number of imide groups is 1. The number of fused-ring (bicyclic) bond motifs is 1. The summed E-state index contributed by atoms with van der Waals surface area (Å²) < 4.78 is 0. The molecule has 4 amide bonds. The molecule has 2 aliphatic heterocycles. The molecule has 0 aliphatic carbocycles. The van der Waals surface area contributed by atoms with Gasteiger partial charge < -0.3 is 31.0 Å². The van der Waals surface area contributed by atoms with Crippen molar-refractivity contribution in [1.82, 2.24) is 30.4 Å². The van der Waals surface area contributed by atoms with Crippen molar-refractivity contribution in [2.24, 2.45) is 0 Å². The normalized spacial score (nSPS) is 15.1. The van der Waals surface area contributed by atoms with Crippen LogP contribution in [0.15, 0.2) is 78.0 Å². The van der Waals surface area contributed by atoms with Crippen LogP contribution < -0.4 is 67.3 Å². The number of nitrogens with one attached hydrogen (secondary N) is 4. The Morgan fingerprint density at radius 3 is 2.42 bits per heavy atom. The summed E-state index contributed by atoms with van der Waals surface area (Å²) in [5, 5.41) is 13.1. The number of carbonyl (C=O) groups is 5. The molecule has 1 saturated heterocycles. The van der Waals surface area contributed by atoms with E-state index in [0.717, 1.165) is 47.1 Å². The van der Waals surface area contributed by atoms with Gasteiger partial charge in [-0.1, -0.05) is 62.8 Å². The van der Waals surface area contributed by atoms with E-state index in [1.807, 2.05) is 25.1 Å². The van der Waals surface area contributed by atoms with E-state index in [4.69, 9.17) is 4.79 Å². The van der Waals surface area contributed by atoms with Crippen LogP contribution in [-0.2, 0) is 25.7 Å². The van der Waals surface area contributed by atoms with Crippen molar-refractivity contribution in [3.8, 4) is 0 Å². The molecule has 3 heterocycles. The maximum absolute atomic E-state index is 13.2. The summed E-state index contributed by atoms with van der Waals surface area (Å²) in [5.74, 6) is -0.268. The van der Waals surface area contributed by atoms with Crippen LogP contribution in [-0.4, -0.2) is 89.5 Å². The summed E-state index contributed by atoms with van der Waals surface area (Å²) in [4.78, 5) is 71.3. The third-order valence-corrected chi connectivity index (χ3v) is 8.54. The van der Waals surface area contributed by atoms with Crippen molar-refractivity contribution in [3.63, 3.8) is 0 Å². The SMILES string of the molecule is C=CC1=C(/C(=C\C)NCCC[N-]c2ccc(C(=O)Nc3ccc4nc(CN5CCCC5)[nH]c4c3)cc2)C(=O)N(C(C=O)CCC)C1=O.CNC=O.[K+]. The van der Waals surface area contributed by atoms with Gasteiger partial charge in [0.05, 0.1) is 34.8 Å². The van der Waals surface area contributed by atoms with Crippen LogP contribution in [0.2, 0.25) is 0 Å². The summed E-state index contributed by atoms with van der Waals surface area (Å²) >= 11 is 0. The van der Waals surface area contributed by atoms with Gasteiger partial charge in [-0.3, -0.25) is 29.0 Å². The Morgan fingerprint density at radius 2 is 1.81 bits per heavy atom. The number of hydrogen-bond acceptors (Lipinski definition) is 8. The molecule has 1 fully saturated rings. The van der Waals surface area contributed by atoms with Gasteiger partial charge in [-0.2, -0.15) is 0 Å². The van der Waals surface area contributed by atoms with Gasteiger partial charge in [0.15, 0.2) is 0 Å². The van der Waals surface area contributed by atoms with E-state index in [2.05, 4.69) is 42.7 Å². The van der Waals surface area contributed by atoms with Crippen molar-refractivity contribution < 1.29 is 75.4 Å². The van der Waals surface area contributed by atoms with Gasteiger partial charge in [-0.05, 0) is 57.5 Å². The predicted molar refractivity (Wildman–Crippen MR) is 198 cm³/mol. The fourth-order valence-corrected chi connectivity index (χ4v) is 6.00. The zero-order valence-electron chi connectivity index (χ0n) is 30.5. The molecule has 14 heteroatoms. The number of H-pyrrole nitrogens is 1. The summed E-state index contributed by atoms with van der Waals surface area (Å²) in [6.45, 7) is 11.4. The average molecular weight is 735 g/mol. The third-order valence-electron chi connectivity index (χ3n) is 8.54. The van der Waals surface area contributed by atoms with Crippen LogP contribution in [0.4, 0.5) is 11.4 Å². The third kappa shape index (κ3) is 11.0. The number of nitrogens with zero attached hydrogens (tertiary/aromatic N) is 4. The second kappa shape index (κ2) is 21.6. The Morgan fingerprint density at radius 1 is 1.10 bits per heavy atom. The van der Waals surface area contributed by atoms with Gasteiger partial charge in [-0.25, -0.2) is 4.98 Å². The first-order valence-corrected chi connectivity index (χ1v) is 17.3. The van der Waals surface area contributed by atoms with Crippen molar-refractivity contribution in [2.45, 2.75) is 58.5 Å². The van der Waals surface area contributed by atoms with Crippen LogP contribution in [0.1, 0.15) is 62.1 Å². The first-order chi connectivity index (χ1) is 24.8. The van der Waals surface area contributed by atoms with Gasteiger partial charge in [0.2, 0.25) is 6.41 Å². The number of imidazole rings is 1. The molecule has 4 N–H and O–H groups in total. The van der Waals surface area contributed by atoms with Crippen molar-refractivity contribution in [3.05, 3.63) is 94.7 Å². The molecule has 0 spiro atoms. The molecule has 2 aromatic carbocycles. The van der Waals surface area contributed by atoms with Gasteiger partial charge in [0, 0.05) is 30.5 Å². The number of carbonyl (C=O) groups excluding carboxylic acids is 5. The maximum atomic E-state index is 13.2. The Bertz CT molecular complexity index is 1780. The fraction of sp³-hybridized carbons (Fsp3) is 0.368. The van der Waals surface area contributed by atoms with Crippen molar-refractivity contribution in [1.29, 1.82) is 0 Å². The zero-order valence-corrected chi connectivity index (χ0v) is 33.7. The second-order valence-electron chi connectivity index (χ2n) is 12.1. The quantitative estimate of drug-likeness (QED) is 0.0706. The molecule has 13 nitrogen and oxygen atoms in total. The number of aldehydes is 1. The first-order valence-electron chi connectivity index (χ1n) is 17.3. The molecule has 270 valence electrons. The Hall–Kier alpha value is -3.92. The summed E-state index contributed by atoms with van der Waals surface area (Å²) in [6.07, 6.45) is 8.58. The summed E-state index contributed by atoms with van der Waals surface area (Å²) in [5.41, 5.74) is 4.67. The number of anilines is 1. The van der Waals surface area contributed by atoms with Crippen LogP contribution in [0, 0.1) is 0 Å². The number of amides is 4. The van der Waals surface area contributed by atoms with Gasteiger partial charge in [-0.15, -0.1) is 12.2 Å². The monoisotopic (exact) mass is 734 g/mol. The van der Waals surface area contributed by atoms with Crippen molar-refractivity contribution >= 4 is 52.8 Å². The summed E-state index contributed by atoms with van der Waals surface area (Å²) in [7, 11) is 1.56. The number of aromatic nitrogens is 2. The van der Waals surface area contributed by atoms with E-state index in [9.17, 15) is 19.2 Å². The Balaban J connectivity index is 0.00000139. The first kappa shape index (κ1) is 42.5. The smallest absolute Gasteiger partial charge is 0.684 e. The number of benzene rings is 2. The van der Waals surface area contributed by atoms with E-state index in [1.54, 1.807) is 44.3 Å². The molecular weight excluding hydrogens is 688 g/mol. The molecule has 1 aromatic heterocycles. The Labute approximate surface area is 347 Å². The van der Waals surface area contributed by atoms with Gasteiger partial charge in [0.25, 0.3) is 17.7 Å². The number of allylic oxidation sites excluding steroid dienone is 1. The molecule has 5 rings (SSSR count). The van der Waals surface area contributed by atoms with E-state index < -0.39 is 17.9 Å². The molecule has 1 unspecified atom stereocenters. The molecule has 1 atom stereocenters. The fourth-order valence-electron chi connectivity index (χ4n) is 6.00. The zero-order chi connectivity index (χ0) is 36.8. The molecule has 52 heavy (non-hydrogen) atoms. The van der Waals surface area contributed by atoms with Crippen LogP contribution in [0.25, 0.3) is 16.4 Å². The van der Waals surface area contributed by atoms with Crippen LogP contribution >= 0.6 is 0 Å². The van der Waals surface area contributed by atoms with Crippen molar-refractivity contribution in [2.75, 3.05) is 38.5 Å². The second-order valence-corrected chi connectivity index (χ2v) is 12.1. The predicted octanol–water partition coefficient (Wildman–Crippen LogP) is 1.88. The van der Waals surface area contributed by atoms with E-state index in [-0.39, 0.29) is 68.4 Å². The minimum atomic E-state index is -0.800. The van der Waals surface area contributed by atoms with E-state index >= 15 is 0 Å². The molecule has 0 bridgehead atoms. The Kier molecular flexibility index (Phi) is 17.6. The number of rotatable bonds is 17. The largest absolute Gasteiger partial charge is 1.00 e. The standard InChI is InChI=1S/C36H43N7O4.C2H5NO.K/c1-4-10-27(23-44)43-35(46)28(5-2)33(36(43)47)29(6-3)38-18-9-17-37-25-13-11-24(12-14-25)34(45)39-26-15-16-30-31(21-26)41-32(40-30)22-42-19-7-8-20-42;1-3-2-4;/h5-6,11-16,21,23,27,38H,2,4,7-10,17-20,22H2,1,3H3,(H3,37,39,40,41,45,46,47);2H,1H3,(H,3,4);/q;;+1/p-1/b29-6+;;. The minimum absolute atomic E-state index is 0.